The average molecular weight is 381 g/mol. The van der Waals surface area contributed by atoms with Gasteiger partial charge >= 0.3 is 0 Å². The maximum absolute atomic E-state index is 12.2. The van der Waals surface area contributed by atoms with Crippen LogP contribution in [0.25, 0.3) is 6.08 Å². The van der Waals surface area contributed by atoms with E-state index in [9.17, 15) is 9.59 Å². The lowest BCUT2D eigenvalue weighted by Gasteiger charge is -2.12. The van der Waals surface area contributed by atoms with Crippen molar-refractivity contribution < 1.29 is 19.1 Å². The smallest absolute Gasteiger partial charge is 0.248 e. The Morgan fingerprint density at radius 1 is 1.04 bits per heavy atom. The van der Waals surface area contributed by atoms with E-state index in [0.29, 0.717) is 36.0 Å². The summed E-state index contributed by atoms with van der Waals surface area (Å²) in [6.45, 7) is 6.70. The Bertz CT molecular complexity index is 842. The van der Waals surface area contributed by atoms with Gasteiger partial charge in [0.25, 0.3) is 0 Å². The predicted octanol–water partition coefficient (Wildman–Crippen LogP) is 5.12. The predicted molar refractivity (Wildman–Crippen MR) is 112 cm³/mol. The number of rotatable bonds is 10. The minimum atomic E-state index is -0.276. The van der Waals surface area contributed by atoms with E-state index in [0.717, 1.165) is 18.4 Å². The largest absolute Gasteiger partial charge is 0.490 e. The van der Waals surface area contributed by atoms with E-state index in [-0.39, 0.29) is 11.7 Å². The highest BCUT2D eigenvalue weighted by molar-refractivity contribution is 6.03. The third kappa shape index (κ3) is 6.58. The number of ether oxygens (including phenoxy) is 2. The number of anilines is 1. The number of ketones is 1. The maximum atomic E-state index is 12.2. The molecule has 0 heterocycles. The van der Waals surface area contributed by atoms with Gasteiger partial charge in [-0.05, 0) is 56.2 Å². The molecular formula is C23H27NO4. The summed E-state index contributed by atoms with van der Waals surface area (Å²) >= 11 is 0. The molecule has 0 unspecified atom stereocenters. The minimum Gasteiger partial charge on any atom is -0.490 e. The molecule has 0 aromatic heterocycles. The van der Waals surface area contributed by atoms with Crippen LogP contribution in [-0.4, -0.2) is 24.9 Å². The number of carbonyl (C=O) groups excluding carboxylic acids is 2. The first-order chi connectivity index (χ1) is 13.5. The summed E-state index contributed by atoms with van der Waals surface area (Å²) < 4.78 is 11.4. The van der Waals surface area contributed by atoms with Crippen LogP contribution in [0.1, 0.15) is 49.5 Å². The summed E-state index contributed by atoms with van der Waals surface area (Å²) in [5.74, 6) is 1.05. The molecule has 2 rings (SSSR count). The minimum absolute atomic E-state index is 0.0451. The monoisotopic (exact) mass is 381 g/mol. The fourth-order valence-electron chi connectivity index (χ4n) is 2.51. The Morgan fingerprint density at radius 3 is 2.57 bits per heavy atom. The highest BCUT2D eigenvalue weighted by Crippen LogP contribution is 2.29. The number of nitrogens with one attached hydrogen (secondary N) is 1. The molecule has 0 bridgehead atoms. The normalized spacial score (nSPS) is 10.7. The zero-order chi connectivity index (χ0) is 20.4. The highest BCUT2D eigenvalue weighted by Gasteiger charge is 2.06. The average Bonchev–Trinajstić information content (AvgIpc) is 2.68. The topological polar surface area (TPSA) is 64.6 Å². The van der Waals surface area contributed by atoms with Crippen LogP contribution in [0.2, 0.25) is 0 Å². The van der Waals surface area contributed by atoms with Crippen molar-refractivity contribution in [1.82, 2.24) is 0 Å². The first-order valence-corrected chi connectivity index (χ1v) is 9.53. The second kappa shape index (κ2) is 10.9. The van der Waals surface area contributed by atoms with Gasteiger partial charge in [0.15, 0.2) is 17.3 Å². The molecule has 1 N–H and O–H groups in total. The van der Waals surface area contributed by atoms with Crippen LogP contribution in [0.3, 0.4) is 0 Å². The molecule has 148 valence electrons. The quantitative estimate of drug-likeness (QED) is 0.352. The Morgan fingerprint density at radius 2 is 1.86 bits per heavy atom. The van der Waals surface area contributed by atoms with E-state index in [1.54, 1.807) is 30.3 Å². The summed E-state index contributed by atoms with van der Waals surface area (Å²) in [7, 11) is 0. The summed E-state index contributed by atoms with van der Waals surface area (Å²) in [5.41, 5.74) is 1.97. The SMILES string of the molecule is CCCCOc1ccc(/C=C/C(=O)Nc2cccc(C(C)=O)c2)cc1OCC. The van der Waals surface area contributed by atoms with Crippen molar-refractivity contribution in [3.05, 3.63) is 59.7 Å². The molecule has 5 heteroatoms. The molecule has 0 aliphatic carbocycles. The molecule has 0 spiro atoms. The number of amides is 1. The van der Waals surface area contributed by atoms with Gasteiger partial charge in [-0.25, -0.2) is 0 Å². The molecule has 0 radical (unpaired) electrons. The molecule has 0 atom stereocenters. The van der Waals surface area contributed by atoms with Gasteiger partial charge in [-0.15, -0.1) is 0 Å². The van der Waals surface area contributed by atoms with Crippen LogP contribution in [0.5, 0.6) is 11.5 Å². The molecule has 0 aliphatic heterocycles. The van der Waals surface area contributed by atoms with Crippen molar-refractivity contribution in [2.75, 3.05) is 18.5 Å². The van der Waals surface area contributed by atoms with Crippen molar-refractivity contribution in [1.29, 1.82) is 0 Å². The molecule has 0 saturated heterocycles. The Kier molecular flexibility index (Phi) is 8.28. The van der Waals surface area contributed by atoms with Gasteiger partial charge in [0, 0.05) is 17.3 Å². The third-order valence-corrected chi connectivity index (χ3v) is 3.99. The maximum Gasteiger partial charge on any atom is 0.248 e. The van der Waals surface area contributed by atoms with E-state index in [1.165, 1.54) is 13.0 Å². The summed E-state index contributed by atoms with van der Waals surface area (Å²) in [6.07, 6.45) is 5.21. The van der Waals surface area contributed by atoms with Crippen molar-refractivity contribution >= 4 is 23.5 Å². The van der Waals surface area contributed by atoms with Gasteiger partial charge in [0.1, 0.15) is 0 Å². The third-order valence-electron chi connectivity index (χ3n) is 3.99. The number of carbonyl (C=O) groups is 2. The van der Waals surface area contributed by atoms with Crippen LogP contribution in [0, 0.1) is 0 Å². The lowest BCUT2D eigenvalue weighted by Crippen LogP contribution is -2.08. The first kappa shape index (κ1) is 21.2. The molecule has 2 aromatic rings. The van der Waals surface area contributed by atoms with Crippen molar-refractivity contribution in [3.8, 4) is 11.5 Å². The van der Waals surface area contributed by atoms with Gasteiger partial charge in [-0.1, -0.05) is 31.5 Å². The molecule has 5 nitrogen and oxygen atoms in total. The molecule has 0 aliphatic rings. The van der Waals surface area contributed by atoms with Gasteiger partial charge < -0.3 is 14.8 Å². The molecule has 28 heavy (non-hydrogen) atoms. The standard InChI is InChI=1S/C23H27NO4/c1-4-6-14-28-21-12-10-18(15-22(21)27-5-2)11-13-23(26)24-20-9-7-8-19(16-20)17(3)25/h7-13,15-16H,4-6,14H2,1-3H3,(H,24,26)/b13-11+. The van der Waals surface area contributed by atoms with E-state index < -0.39 is 0 Å². The first-order valence-electron chi connectivity index (χ1n) is 9.53. The number of Topliss-reactive ketones (excluding diaryl/α,β-unsaturated/α-hetero) is 1. The van der Waals surface area contributed by atoms with Crippen LogP contribution in [0.15, 0.2) is 48.5 Å². The second-order valence-corrected chi connectivity index (χ2v) is 6.30. The van der Waals surface area contributed by atoms with Gasteiger partial charge in [0.05, 0.1) is 13.2 Å². The zero-order valence-electron chi connectivity index (χ0n) is 16.7. The number of unbranched alkanes of at least 4 members (excludes halogenated alkanes) is 1. The van der Waals surface area contributed by atoms with Gasteiger partial charge in [-0.2, -0.15) is 0 Å². The van der Waals surface area contributed by atoms with Crippen LogP contribution in [-0.2, 0) is 4.79 Å². The van der Waals surface area contributed by atoms with Crippen molar-refractivity contribution in [2.24, 2.45) is 0 Å². The lowest BCUT2D eigenvalue weighted by atomic mass is 10.1. The molecule has 2 aromatic carbocycles. The van der Waals surface area contributed by atoms with Crippen LogP contribution in [0.4, 0.5) is 5.69 Å². The fraction of sp³-hybridized carbons (Fsp3) is 0.304. The molecule has 1 amide bonds. The van der Waals surface area contributed by atoms with Crippen molar-refractivity contribution in [3.63, 3.8) is 0 Å². The second-order valence-electron chi connectivity index (χ2n) is 6.30. The number of hydrogen-bond donors (Lipinski definition) is 1. The van der Waals surface area contributed by atoms with Gasteiger partial charge in [-0.3, -0.25) is 9.59 Å². The Labute approximate surface area is 166 Å². The van der Waals surface area contributed by atoms with E-state index in [1.807, 2.05) is 25.1 Å². The number of benzene rings is 2. The summed E-state index contributed by atoms with van der Waals surface area (Å²) in [6, 6.07) is 12.4. The summed E-state index contributed by atoms with van der Waals surface area (Å²) in [4.78, 5) is 23.6. The Hall–Kier alpha value is -3.08. The molecular weight excluding hydrogens is 354 g/mol. The van der Waals surface area contributed by atoms with E-state index in [2.05, 4.69) is 12.2 Å². The lowest BCUT2D eigenvalue weighted by molar-refractivity contribution is -0.111. The van der Waals surface area contributed by atoms with Gasteiger partial charge in [0.2, 0.25) is 5.91 Å². The molecule has 0 saturated carbocycles. The van der Waals surface area contributed by atoms with Crippen LogP contribution < -0.4 is 14.8 Å². The number of hydrogen-bond acceptors (Lipinski definition) is 4. The van der Waals surface area contributed by atoms with Crippen molar-refractivity contribution in [2.45, 2.75) is 33.6 Å². The van der Waals surface area contributed by atoms with E-state index in [4.69, 9.17) is 9.47 Å². The fourth-order valence-corrected chi connectivity index (χ4v) is 2.51. The Balaban J connectivity index is 2.05. The van der Waals surface area contributed by atoms with Crippen LogP contribution >= 0.6 is 0 Å². The summed E-state index contributed by atoms with van der Waals surface area (Å²) in [5, 5.41) is 2.76. The van der Waals surface area contributed by atoms with E-state index >= 15 is 0 Å². The zero-order valence-corrected chi connectivity index (χ0v) is 16.7. The highest BCUT2D eigenvalue weighted by atomic mass is 16.5. The molecule has 0 fully saturated rings.